The fraction of sp³-hybridized carbons (Fsp3) is 0.714. The van der Waals surface area contributed by atoms with E-state index in [1.54, 1.807) is 7.11 Å². The molecular weight excluding hydrogens is 272 g/mol. The molecule has 1 aliphatic rings. The molecule has 2 rings (SSSR count). The van der Waals surface area contributed by atoms with E-state index in [1.807, 2.05) is 6.07 Å². The van der Waals surface area contributed by atoms with Crippen molar-refractivity contribution in [3.8, 4) is 0 Å². The predicted molar refractivity (Wildman–Crippen MR) is 85.5 cm³/mol. The predicted octanol–water partition coefficient (Wildman–Crippen LogP) is 2.75. The molecule has 0 aliphatic carbocycles. The van der Waals surface area contributed by atoms with E-state index in [4.69, 9.17) is 4.74 Å². The molecule has 6 heteroatoms. The third-order valence-corrected chi connectivity index (χ3v) is 4.59. The highest BCUT2D eigenvalue weighted by Gasteiger charge is 2.14. The van der Waals surface area contributed by atoms with Gasteiger partial charge in [-0.15, -0.1) is 0 Å². The first kappa shape index (κ1) is 15.4. The van der Waals surface area contributed by atoms with Crippen LogP contribution in [0.1, 0.15) is 32.0 Å². The quantitative estimate of drug-likeness (QED) is 0.807. The van der Waals surface area contributed by atoms with Crippen molar-refractivity contribution in [2.24, 2.45) is 0 Å². The summed E-state index contributed by atoms with van der Waals surface area (Å²) in [5.74, 6) is 3.74. The Balaban J connectivity index is 1.97. The third kappa shape index (κ3) is 4.83. The van der Waals surface area contributed by atoms with Crippen LogP contribution in [-0.4, -0.2) is 41.2 Å². The normalized spacial score (nSPS) is 18.8. The average molecular weight is 296 g/mol. The number of anilines is 2. The monoisotopic (exact) mass is 296 g/mol. The number of aromatic nitrogens is 2. The molecule has 1 unspecified atom stereocenters. The van der Waals surface area contributed by atoms with Gasteiger partial charge >= 0.3 is 0 Å². The second-order valence-corrected chi connectivity index (χ2v) is 6.30. The van der Waals surface area contributed by atoms with Gasteiger partial charge in [0.05, 0.1) is 0 Å². The lowest BCUT2D eigenvalue weighted by molar-refractivity contribution is 0.178. The highest BCUT2D eigenvalue weighted by molar-refractivity contribution is 7.99. The molecule has 0 bridgehead atoms. The molecule has 1 aromatic rings. The van der Waals surface area contributed by atoms with E-state index in [0.717, 1.165) is 24.7 Å². The van der Waals surface area contributed by atoms with Gasteiger partial charge in [0.15, 0.2) is 5.82 Å². The van der Waals surface area contributed by atoms with Gasteiger partial charge in [-0.05, 0) is 25.5 Å². The number of hydrogen-bond donors (Lipinski definition) is 2. The molecule has 1 fully saturated rings. The average Bonchev–Trinajstić information content (AvgIpc) is 2.47. The van der Waals surface area contributed by atoms with Gasteiger partial charge in [0, 0.05) is 31.5 Å². The van der Waals surface area contributed by atoms with Gasteiger partial charge in [0.2, 0.25) is 0 Å². The summed E-state index contributed by atoms with van der Waals surface area (Å²) in [5, 5.41) is 7.38. The van der Waals surface area contributed by atoms with Crippen molar-refractivity contribution < 1.29 is 4.74 Å². The van der Waals surface area contributed by atoms with Crippen LogP contribution in [0.15, 0.2) is 6.07 Å². The lowest BCUT2D eigenvalue weighted by atomic mass is 10.2. The Morgan fingerprint density at radius 3 is 2.75 bits per heavy atom. The largest absolute Gasteiger partial charge is 0.377 e. The van der Waals surface area contributed by atoms with E-state index in [9.17, 15) is 0 Å². The minimum atomic E-state index is 0.437. The molecular formula is C14H24N4OS. The lowest BCUT2D eigenvalue weighted by Crippen LogP contribution is -2.21. The second kappa shape index (κ2) is 8.32. The maximum absolute atomic E-state index is 5.13. The fourth-order valence-corrected chi connectivity index (χ4v) is 3.48. The van der Waals surface area contributed by atoms with E-state index in [-0.39, 0.29) is 0 Å². The van der Waals surface area contributed by atoms with Crippen molar-refractivity contribution in [1.29, 1.82) is 0 Å². The fourth-order valence-electron chi connectivity index (χ4n) is 2.24. The number of thioether (sulfide) groups is 1. The lowest BCUT2D eigenvalue weighted by Gasteiger charge is -2.21. The van der Waals surface area contributed by atoms with E-state index >= 15 is 0 Å². The van der Waals surface area contributed by atoms with Crippen LogP contribution in [0.2, 0.25) is 0 Å². The van der Waals surface area contributed by atoms with Crippen LogP contribution >= 0.6 is 11.8 Å². The van der Waals surface area contributed by atoms with Crippen molar-refractivity contribution in [2.45, 2.75) is 38.0 Å². The first-order chi connectivity index (χ1) is 9.81. The van der Waals surface area contributed by atoms with Gasteiger partial charge in [0.1, 0.15) is 18.2 Å². The first-order valence-corrected chi connectivity index (χ1v) is 8.33. The van der Waals surface area contributed by atoms with Crippen molar-refractivity contribution in [2.75, 3.05) is 36.6 Å². The summed E-state index contributed by atoms with van der Waals surface area (Å²) in [6.45, 7) is 4.32. The Labute approximate surface area is 125 Å². The van der Waals surface area contributed by atoms with Gasteiger partial charge in [-0.1, -0.05) is 6.42 Å². The summed E-state index contributed by atoms with van der Waals surface area (Å²) in [5.41, 5.74) is 0. The van der Waals surface area contributed by atoms with Crippen LogP contribution in [0.25, 0.3) is 0 Å². The summed E-state index contributed by atoms with van der Waals surface area (Å²) >= 11 is 2.07. The third-order valence-electron chi connectivity index (χ3n) is 3.19. The minimum Gasteiger partial charge on any atom is -0.377 e. The molecule has 0 spiro atoms. The summed E-state index contributed by atoms with van der Waals surface area (Å²) in [7, 11) is 1.66. The van der Waals surface area contributed by atoms with Crippen LogP contribution in [0, 0.1) is 0 Å². The molecule has 112 valence electrons. The Kier molecular flexibility index (Phi) is 6.39. The molecule has 1 aliphatic heterocycles. The van der Waals surface area contributed by atoms with Gasteiger partial charge in [0.25, 0.3) is 0 Å². The van der Waals surface area contributed by atoms with Gasteiger partial charge in [-0.2, -0.15) is 11.8 Å². The maximum Gasteiger partial charge on any atom is 0.158 e. The molecule has 0 saturated carbocycles. The van der Waals surface area contributed by atoms with Gasteiger partial charge in [-0.25, -0.2) is 9.97 Å². The maximum atomic E-state index is 5.13. The Morgan fingerprint density at radius 1 is 1.30 bits per heavy atom. The molecule has 1 saturated heterocycles. The number of hydrogen-bond acceptors (Lipinski definition) is 6. The van der Waals surface area contributed by atoms with Crippen LogP contribution < -0.4 is 10.6 Å². The summed E-state index contributed by atoms with van der Waals surface area (Å²) in [6, 6.07) is 1.97. The Hall–Kier alpha value is -1.01. The molecule has 0 radical (unpaired) electrons. The van der Waals surface area contributed by atoms with Crippen LogP contribution in [0.5, 0.6) is 0 Å². The van der Waals surface area contributed by atoms with E-state index in [0.29, 0.717) is 17.7 Å². The van der Waals surface area contributed by atoms with Gasteiger partial charge in [-0.3, -0.25) is 0 Å². The smallest absolute Gasteiger partial charge is 0.158 e. The topological polar surface area (TPSA) is 59.1 Å². The number of methoxy groups -OCH3 is 1. The number of nitrogens with zero attached hydrogens (tertiary/aromatic N) is 2. The van der Waals surface area contributed by atoms with Crippen LogP contribution in [0.3, 0.4) is 0 Å². The molecule has 0 amide bonds. The zero-order chi connectivity index (χ0) is 14.2. The van der Waals surface area contributed by atoms with E-state index < -0.39 is 0 Å². The van der Waals surface area contributed by atoms with Gasteiger partial charge < -0.3 is 15.4 Å². The standard InChI is InChI=1S/C14H24N4OS/c1-3-15-12-8-13(18-14(17-12)10-19-2)16-9-11-6-4-5-7-20-11/h8,11H,3-7,9-10H2,1-2H3,(H2,15,16,17,18). The molecule has 20 heavy (non-hydrogen) atoms. The number of nitrogens with one attached hydrogen (secondary N) is 2. The first-order valence-electron chi connectivity index (χ1n) is 7.28. The molecule has 2 N–H and O–H groups in total. The summed E-state index contributed by atoms with van der Waals surface area (Å²) < 4.78 is 5.13. The van der Waals surface area contributed by atoms with Crippen LogP contribution in [0.4, 0.5) is 11.6 Å². The zero-order valence-electron chi connectivity index (χ0n) is 12.3. The molecule has 1 aromatic heterocycles. The van der Waals surface area contributed by atoms with Crippen molar-refractivity contribution in [1.82, 2.24) is 9.97 Å². The Morgan fingerprint density at radius 2 is 2.10 bits per heavy atom. The van der Waals surface area contributed by atoms with Crippen molar-refractivity contribution in [3.05, 3.63) is 11.9 Å². The Bertz CT molecular complexity index is 386. The van der Waals surface area contributed by atoms with Crippen molar-refractivity contribution >= 4 is 23.4 Å². The highest BCUT2D eigenvalue weighted by atomic mass is 32.2. The summed E-state index contributed by atoms with van der Waals surface area (Å²) in [4.78, 5) is 8.91. The highest BCUT2D eigenvalue weighted by Crippen LogP contribution is 2.25. The molecule has 5 nitrogen and oxygen atoms in total. The second-order valence-electron chi connectivity index (χ2n) is 4.89. The minimum absolute atomic E-state index is 0.437. The van der Waals surface area contributed by atoms with Crippen LogP contribution in [-0.2, 0) is 11.3 Å². The molecule has 1 atom stereocenters. The SMILES string of the molecule is CCNc1cc(NCC2CCCCS2)nc(COC)n1. The molecule has 0 aromatic carbocycles. The number of ether oxygens (including phenoxy) is 1. The summed E-state index contributed by atoms with van der Waals surface area (Å²) in [6.07, 6.45) is 4.01. The van der Waals surface area contributed by atoms with E-state index in [1.165, 1.54) is 25.0 Å². The van der Waals surface area contributed by atoms with Crippen molar-refractivity contribution in [3.63, 3.8) is 0 Å². The number of rotatable bonds is 7. The van der Waals surface area contributed by atoms with E-state index in [2.05, 4.69) is 39.3 Å². The zero-order valence-corrected chi connectivity index (χ0v) is 13.1. The molecule has 2 heterocycles.